The minimum Gasteiger partial charge on any atom is -0.467 e. The number of hydrogen-bond donors (Lipinski definition) is 3. The van der Waals surface area contributed by atoms with Crippen molar-refractivity contribution in [2.75, 3.05) is 5.32 Å². The average Bonchev–Trinajstić information content (AvgIpc) is 3.49. The van der Waals surface area contributed by atoms with Crippen LogP contribution in [0.2, 0.25) is 0 Å². The van der Waals surface area contributed by atoms with Gasteiger partial charge in [0.15, 0.2) is 11.2 Å². The van der Waals surface area contributed by atoms with Gasteiger partial charge in [-0.15, -0.1) is 0 Å². The zero-order chi connectivity index (χ0) is 24.1. The number of amides is 1. The van der Waals surface area contributed by atoms with Gasteiger partial charge in [0, 0.05) is 18.8 Å². The number of aryl methyl sites for hydroxylation is 2. The Morgan fingerprint density at radius 1 is 1.09 bits per heavy atom. The van der Waals surface area contributed by atoms with E-state index in [0.717, 1.165) is 12.8 Å². The zero-order valence-corrected chi connectivity index (χ0v) is 19.3. The summed E-state index contributed by atoms with van der Waals surface area (Å²) in [4.78, 5) is 44.8. The lowest BCUT2D eigenvalue weighted by molar-refractivity contribution is 0.0949. The molecule has 4 rings (SSSR count). The van der Waals surface area contributed by atoms with Crippen molar-refractivity contribution in [3.63, 3.8) is 0 Å². The molecular formula is C24H28N6O4. The van der Waals surface area contributed by atoms with E-state index in [1.54, 1.807) is 35.1 Å². The van der Waals surface area contributed by atoms with Gasteiger partial charge in [0.1, 0.15) is 11.6 Å². The van der Waals surface area contributed by atoms with Crippen molar-refractivity contribution in [2.24, 2.45) is 0 Å². The fraction of sp³-hybridized carbons (Fsp3) is 0.333. The first-order valence-electron chi connectivity index (χ1n) is 11.4. The van der Waals surface area contributed by atoms with Gasteiger partial charge < -0.3 is 19.6 Å². The monoisotopic (exact) mass is 464 g/mol. The van der Waals surface area contributed by atoms with Crippen LogP contribution in [0.4, 0.5) is 5.69 Å². The molecule has 3 aromatic heterocycles. The molecule has 34 heavy (non-hydrogen) atoms. The van der Waals surface area contributed by atoms with Gasteiger partial charge in [-0.05, 0) is 37.6 Å². The molecule has 0 aliphatic rings. The molecule has 10 nitrogen and oxygen atoms in total. The summed E-state index contributed by atoms with van der Waals surface area (Å²) in [5.74, 6) is 1.02. The third kappa shape index (κ3) is 4.66. The number of anilines is 1. The first-order valence-corrected chi connectivity index (χ1v) is 11.4. The number of imidazole rings is 1. The van der Waals surface area contributed by atoms with Crippen LogP contribution in [-0.2, 0) is 26.2 Å². The number of H-pyrrole nitrogens is 1. The van der Waals surface area contributed by atoms with Gasteiger partial charge in [0.2, 0.25) is 0 Å². The Bertz CT molecular complexity index is 1400. The summed E-state index contributed by atoms with van der Waals surface area (Å²) in [6, 6.07) is 10.7. The molecule has 0 fully saturated rings. The van der Waals surface area contributed by atoms with E-state index in [1.807, 2.05) is 26.0 Å². The number of fused-ring (bicyclic) bond motifs is 1. The maximum absolute atomic E-state index is 12.8. The topological polar surface area (TPSA) is 127 Å². The molecule has 3 heterocycles. The van der Waals surface area contributed by atoms with Gasteiger partial charge in [-0.25, -0.2) is 9.78 Å². The van der Waals surface area contributed by atoms with E-state index in [2.05, 4.69) is 20.6 Å². The lowest BCUT2D eigenvalue weighted by Gasteiger charge is -2.12. The Kier molecular flexibility index (Phi) is 6.95. The van der Waals surface area contributed by atoms with Crippen LogP contribution in [0.5, 0.6) is 0 Å². The van der Waals surface area contributed by atoms with Crippen LogP contribution in [0.1, 0.15) is 48.6 Å². The van der Waals surface area contributed by atoms with Crippen molar-refractivity contribution in [1.82, 2.24) is 24.4 Å². The summed E-state index contributed by atoms with van der Waals surface area (Å²) in [5, 5.41) is 6.12. The van der Waals surface area contributed by atoms with Gasteiger partial charge in [-0.2, -0.15) is 0 Å². The minimum atomic E-state index is -0.454. The van der Waals surface area contributed by atoms with Gasteiger partial charge in [0.25, 0.3) is 11.5 Å². The van der Waals surface area contributed by atoms with E-state index in [-0.39, 0.29) is 19.0 Å². The molecule has 1 aromatic carbocycles. The normalized spacial score (nSPS) is 11.1. The van der Waals surface area contributed by atoms with E-state index in [1.165, 1.54) is 4.57 Å². The Morgan fingerprint density at radius 3 is 2.65 bits per heavy atom. The van der Waals surface area contributed by atoms with Crippen LogP contribution in [-0.4, -0.2) is 25.0 Å². The lowest BCUT2D eigenvalue weighted by atomic mass is 10.1. The van der Waals surface area contributed by atoms with E-state index in [9.17, 15) is 14.4 Å². The van der Waals surface area contributed by atoms with E-state index < -0.39 is 11.2 Å². The lowest BCUT2D eigenvalue weighted by Crippen LogP contribution is -2.31. The van der Waals surface area contributed by atoms with Gasteiger partial charge >= 0.3 is 5.69 Å². The largest absolute Gasteiger partial charge is 0.467 e. The Morgan fingerprint density at radius 2 is 1.91 bits per heavy atom. The molecule has 0 atom stereocenters. The molecule has 1 amide bonds. The van der Waals surface area contributed by atoms with E-state index in [0.29, 0.717) is 47.1 Å². The standard InChI is InChI=1S/C24H28N6O4/c1-3-5-12-30-21-20(23(32)28-24(30)33)29(4-2)19(27-21)15-25-18-11-7-6-10-17(18)22(31)26-14-16-9-8-13-34-16/h6-11,13,25H,3-5,12,14-15H2,1-2H3,(H,26,31)(H,28,32,33). The molecule has 0 aliphatic carbocycles. The number of carbonyl (C=O) groups excluding carboxylic acids is 1. The highest BCUT2D eigenvalue weighted by molar-refractivity contribution is 5.99. The number of para-hydroxylation sites is 1. The van der Waals surface area contributed by atoms with Gasteiger partial charge in [-0.3, -0.25) is 19.1 Å². The highest BCUT2D eigenvalue weighted by atomic mass is 16.3. The number of carbonyl (C=O) groups is 1. The number of nitrogens with one attached hydrogen (secondary N) is 3. The Labute approximate surface area is 195 Å². The number of furan rings is 1. The van der Waals surface area contributed by atoms with Crippen molar-refractivity contribution in [2.45, 2.75) is 52.9 Å². The Hall–Kier alpha value is -4.08. The SMILES string of the molecule is CCCCn1c(=O)[nH]c(=O)c2c1nc(CNc1ccccc1C(=O)NCc1ccco1)n2CC. The summed E-state index contributed by atoms with van der Waals surface area (Å²) >= 11 is 0. The maximum Gasteiger partial charge on any atom is 0.330 e. The second-order valence-electron chi connectivity index (χ2n) is 7.87. The van der Waals surface area contributed by atoms with E-state index >= 15 is 0 Å². The molecule has 3 N–H and O–H groups in total. The molecule has 0 saturated heterocycles. The number of rotatable bonds is 10. The van der Waals surface area contributed by atoms with Crippen LogP contribution in [0.15, 0.2) is 56.7 Å². The smallest absolute Gasteiger partial charge is 0.330 e. The molecule has 4 aromatic rings. The second-order valence-corrected chi connectivity index (χ2v) is 7.87. The molecule has 0 aliphatic heterocycles. The fourth-order valence-electron chi connectivity index (χ4n) is 3.90. The number of benzene rings is 1. The Balaban J connectivity index is 1.60. The molecular weight excluding hydrogens is 436 g/mol. The first-order chi connectivity index (χ1) is 16.5. The maximum atomic E-state index is 12.8. The minimum absolute atomic E-state index is 0.242. The summed E-state index contributed by atoms with van der Waals surface area (Å²) in [6.45, 7) is 5.50. The second kappa shape index (κ2) is 10.2. The molecule has 0 unspecified atom stereocenters. The zero-order valence-electron chi connectivity index (χ0n) is 19.3. The molecule has 10 heteroatoms. The third-order valence-corrected chi connectivity index (χ3v) is 5.63. The molecule has 0 spiro atoms. The summed E-state index contributed by atoms with van der Waals surface area (Å²) in [5.41, 5.74) is 0.956. The molecule has 178 valence electrons. The van der Waals surface area contributed by atoms with Crippen LogP contribution in [0.25, 0.3) is 11.2 Å². The van der Waals surface area contributed by atoms with Crippen molar-refractivity contribution in [3.05, 3.63) is 80.6 Å². The summed E-state index contributed by atoms with van der Waals surface area (Å²) in [6.07, 6.45) is 3.27. The molecule has 0 bridgehead atoms. The van der Waals surface area contributed by atoms with E-state index in [4.69, 9.17) is 4.42 Å². The fourth-order valence-corrected chi connectivity index (χ4v) is 3.90. The van der Waals surface area contributed by atoms with Crippen LogP contribution < -0.4 is 21.9 Å². The predicted octanol–water partition coefficient (Wildman–Crippen LogP) is 2.84. The van der Waals surface area contributed by atoms with Crippen LogP contribution in [0, 0.1) is 0 Å². The number of aromatic nitrogens is 4. The number of hydrogen-bond acceptors (Lipinski definition) is 6. The summed E-state index contributed by atoms with van der Waals surface area (Å²) in [7, 11) is 0. The third-order valence-electron chi connectivity index (χ3n) is 5.63. The van der Waals surface area contributed by atoms with Gasteiger partial charge in [-0.1, -0.05) is 25.5 Å². The van der Waals surface area contributed by atoms with Crippen LogP contribution in [0.3, 0.4) is 0 Å². The number of unbranched alkanes of at least 4 members (excludes halogenated alkanes) is 1. The average molecular weight is 465 g/mol. The van der Waals surface area contributed by atoms with Crippen molar-refractivity contribution in [3.8, 4) is 0 Å². The van der Waals surface area contributed by atoms with Crippen molar-refractivity contribution in [1.29, 1.82) is 0 Å². The van der Waals surface area contributed by atoms with Gasteiger partial charge in [0.05, 0.1) is 24.9 Å². The molecule has 0 radical (unpaired) electrons. The van der Waals surface area contributed by atoms with Crippen molar-refractivity contribution >= 4 is 22.8 Å². The quantitative estimate of drug-likeness (QED) is 0.331. The van der Waals surface area contributed by atoms with Crippen molar-refractivity contribution < 1.29 is 9.21 Å². The highest BCUT2D eigenvalue weighted by Gasteiger charge is 2.18. The molecule has 0 saturated carbocycles. The first kappa shape index (κ1) is 23.1. The number of nitrogens with zero attached hydrogens (tertiary/aromatic N) is 3. The number of aromatic amines is 1. The predicted molar refractivity (Wildman–Crippen MR) is 129 cm³/mol. The highest BCUT2D eigenvalue weighted by Crippen LogP contribution is 2.18. The summed E-state index contributed by atoms with van der Waals surface area (Å²) < 4.78 is 8.58. The van der Waals surface area contributed by atoms with Crippen LogP contribution >= 0.6 is 0 Å².